The van der Waals surface area contributed by atoms with Crippen molar-refractivity contribution in [3.63, 3.8) is 0 Å². The molecule has 1 aliphatic rings. The molecule has 4 heteroatoms. The average Bonchev–Trinajstić information content (AvgIpc) is 2.41. The van der Waals surface area contributed by atoms with Crippen molar-refractivity contribution >= 4 is 5.69 Å². The lowest BCUT2D eigenvalue weighted by Gasteiger charge is -2.37. The third-order valence-corrected chi connectivity index (χ3v) is 3.80. The Hall–Kier alpha value is -1.13. The number of hydrogen-bond acceptors (Lipinski definition) is 4. The van der Waals surface area contributed by atoms with Crippen LogP contribution in [0.25, 0.3) is 0 Å². The van der Waals surface area contributed by atoms with Gasteiger partial charge in [0, 0.05) is 31.8 Å². The van der Waals surface area contributed by atoms with E-state index in [4.69, 9.17) is 4.74 Å². The van der Waals surface area contributed by atoms with E-state index in [1.54, 1.807) is 7.11 Å². The largest absolute Gasteiger partial charge is 0.393 e. The van der Waals surface area contributed by atoms with Crippen molar-refractivity contribution in [3.8, 4) is 0 Å². The molecule has 1 aliphatic heterocycles. The quantitative estimate of drug-likeness (QED) is 0.904. The fraction of sp³-hybridized carbons (Fsp3) is 0.667. The number of aliphatic hydroxyl groups is 1. The first-order chi connectivity index (χ1) is 9.11. The van der Waals surface area contributed by atoms with Crippen LogP contribution in [0.15, 0.2) is 18.3 Å². The number of piperidine rings is 1. The lowest BCUT2D eigenvalue weighted by molar-refractivity contribution is 0.0359. The first-order valence-electron chi connectivity index (χ1n) is 6.99. The number of aliphatic hydroxyl groups excluding tert-OH is 1. The molecule has 0 radical (unpaired) electrons. The maximum absolute atomic E-state index is 9.96. The zero-order valence-corrected chi connectivity index (χ0v) is 12.0. The predicted octanol–water partition coefficient (Wildman–Crippen LogP) is 2.04. The molecule has 0 spiro atoms. The molecule has 0 amide bonds. The molecule has 0 bridgehead atoms. The molecule has 1 aromatic heterocycles. The molecule has 0 aromatic carbocycles. The third kappa shape index (κ3) is 3.45. The number of rotatable bonds is 4. The Labute approximate surface area is 115 Å². The van der Waals surface area contributed by atoms with Crippen molar-refractivity contribution in [3.05, 3.63) is 24.0 Å². The van der Waals surface area contributed by atoms with Gasteiger partial charge in [0.15, 0.2) is 0 Å². The summed E-state index contributed by atoms with van der Waals surface area (Å²) in [6, 6.07) is 4.22. The van der Waals surface area contributed by atoms with E-state index in [0.717, 1.165) is 30.9 Å². The van der Waals surface area contributed by atoms with Crippen molar-refractivity contribution in [1.82, 2.24) is 4.98 Å². The highest BCUT2D eigenvalue weighted by Gasteiger charge is 2.27. The van der Waals surface area contributed by atoms with Crippen molar-refractivity contribution < 1.29 is 9.84 Å². The van der Waals surface area contributed by atoms with Crippen LogP contribution in [0, 0.1) is 5.92 Å². The van der Waals surface area contributed by atoms with Crippen LogP contribution in [0.4, 0.5) is 5.69 Å². The van der Waals surface area contributed by atoms with Gasteiger partial charge in [-0.1, -0.05) is 13.8 Å². The van der Waals surface area contributed by atoms with Crippen LogP contribution in [0.5, 0.6) is 0 Å². The van der Waals surface area contributed by atoms with Crippen molar-refractivity contribution in [2.75, 3.05) is 31.7 Å². The topological polar surface area (TPSA) is 45.6 Å². The normalized spacial score (nSPS) is 23.9. The van der Waals surface area contributed by atoms with Gasteiger partial charge >= 0.3 is 0 Å². The standard InChI is InChI=1S/C15H24N2O2/c1-11(2)14-5-4-13(8-16-14)17-7-6-15(18)12(9-17)10-19-3/h4-5,8,11-12,15,18H,6-7,9-10H2,1-3H3/t12-,15+/m1/s1. The third-order valence-electron chi connectivity index (χ3n) is 3.80. The van der Waals surface area contributed by atoms with Crippen LogP contribution < -0.4 is 4.90 Å². The molecular weight excluding hydrogens is 240 g/mol. The Morgan fingerprint density at radius 2 is 2.26 bits per heavy atom. The van der Waals surface area contributed by atoms with Crippen LogP contribution in [0.1, 0.15) is 31.9 Å². The molecule has 4 nitrogen and oxygen atoms in total. The van der Waals surface area contributed by atoms with Crippen molar-refractivity contribution in [1.29, 1.82) is 0 Å². The number of anilines is 1. The van der Waals surface area contributed by atoms with Gasteiger partial charge in [0.1, 0.15) is 0 Å². The van der Waals surface area contributed by atoms with Crippen LogP contribution >= 0.6 is 0 Å². The summed E-state index contributed by atoms with van der Waals surface area (Å²) in [6.45, 7) is 6.61. The highest BCUT2D eigenvalue weighted by Crippen LogP contribution is 2.24. The number of methoxy groups -OCH3 is 1. The Morgan fingerprint density at radius 1 is 1.47 bits per heavy atom. The van der Waals surface area contributed by atoms with E-state index >= 15 is 0 Å². The Kier molecular flexibility index (Phi) is 4.77. The lowest BCUT2D eigenvalue weighted by Crippen LogP contribution is -2.45. The molecule has 0 saturated carbocycles. The molecule has 2 atom stereocenters. The molecule has 19 heavy (non-hydrogen) atoms. The second-order valence-electron chi connectivity index (χ2n) is 5.61. The van der Waals surface area contributed by atoms with Gasteiger partial charge in [-0.15, -0.1) is 0 Å². The van der Waals surface area contributed by atoms with E-state index in [1.165, 1.54) is 0 Å². The predicted molar refractivity (Wildman–Crippen MR) is 76.5 cm³/mol. The van der Waals surface area contributed by atoms with Gasteiger partial charge in [-0.05, 0) is 24.5 Å². The summed E-state index contributed by atoms with van der Waals surface area (Å²) in [5, 5.41) is 9.96. The number of aromatic nitrogens is 1. The maximum atomic E-state index is 9.96. The van der Waals surface area contributed by atoms with E-state index < -0.39 is 0 Å². The molecule has 106 valence electrons. The smallest absolute Gasteiger partial charge is 0.0624 e. The summed E-state index contributed by atoms with van der Waals surface area (Å²) in [6.07, 6.45) is 2.48. The number of ether oxygens (including phenoxy) is 1. The van der Waals surface area contributed by atoms with Crippen LogP contribution in [-0.2, 0) is 4.74 Å². The molecule has 0 unspecified atom stereocenters. The van der Waals surface area contributed by atoms with Gasteiger partial charge < -0.3 is 14.7 Å². The maximum Gasteiger partial charge on any atom is 0.0624 e. The highest BCUT2D eigenvalue weighted by atomic mass is 16.5. The van der Waals surface area contributed by atoms with E-state index in [0.29, 0.717) is 12.5 Å². The minimum Gasteiger partial charge on any atom is -0.393 e. The van der Waals surface area contributed by atoms with Crippen LogP contribution in [-0.4, -0.2) is 43.0 Å². The minimum atomic E-state index is -0.251. The second-order valence-corrected chi connectivity index (χ2v) is 5.61. The molecule has 0 aliphatic carbocycles. The fourth-order valence-corrected chi connectivity index (χ4v) is 2.56. The summed E-state index contributed by atoms with van der Waals surface area (Å²) in [5.41, 5.74) is 2.26. The van der Waals surface area contributed by atoms with Crippen molar-refractivity contribution in [2.24, 2.45) is 5.92 Å². The first kappa shape index (κ1) is 14.3. The molecule has 1 fully saturated rings. The van der Waals surface area contributed by atoms with Crippen LogP contribution in [0.2, 0.25) is 0 Å². The van der Waals surface area contributed by atoms with Crippen LogP contribution in [0.3, 0.4) is 0 Å². The number of hydrogen-bond donors (Lipinski definition) is 1. The lowest BCUT2D eigenvalue weighted by atomic mass is 9.95. The first-order valence-corrected chi connectivity index (χ1v) is 6.99. The van der Waals surface area contributed by atoms with Gasteiger partial charge in [-0.3, -0.25) is 4.98 Å². The molecule has 1 N–H and O–H groups in total. The number of nitrogens with zero attached hydrogens (tertiary/aromatic N) is 2. The van der Waals surface area contributed by atoms with Gasteiger partial charge in [0.2, 0.25) is 0 Å². The molecule has 2 heterocycles. The van der Waals surface area contributed by atoms with Gasteiger partial charge in [0.25, 0.3) is 0 Å². The second kappa shape index (κ2) is 6.35. The number of pyridine rings is 1. The minimum absolute atomic E-state index is 0.184. The Bertz CT molecular complexity index is 392. The zero-order chi connectivity index (χ0) is 13.8. The fourth-order valence-electron chi connectivity index (χ4n) is 2.56. The molecule has 1 aromatic rings. The Morgan fingerprint density at radius 3 is 2.84 bits per heavy atom. The van der Waals surface area contributed by atoms with Gasteiger partial charge in [-0.2, -0.15) is 0 Å². The zero-order valence-electron chi connectivity index (χ0n) is 12.0. The average molecular weight is 264 g/mol. The summed E-state index contributed by atoms with van der Waals surface area (Å²) in [4.78, 5) is 6.79. The summed E-state index contributed by atoms with van der Waals surface area (Å²) >= 11 is 0. The SMILES string of the molecule is COC[C@H]1CN(c2ccc(C(C)C)nc2)CC[C@@H]1O. The highest BCUT2D eigenvalue weighted by molar-refractivity contribution is 5.45. The van der Waals surface area contributed by atoms with E-state index in [2.05, 4.69) is 35.9 Å². The van der Waals surface area contributed by atoms with E-state index in [1.807, 2.05) is 6.20 Å². The monoisotopic (exact) mass is 264 g/mol. The summed E-state index contributed by atoms with van der Waals surface area (Å²) < 4.78 is 5.18. The summed E-state index contributed by atoms with van der Waals surface area (Å²) in [7, 11) is 1.69. The van der Waals surface area contributed by atoms with Gasteiger partial charge in [0.05, 0.1) is 24.6 Å². The van der Waals surface area contributed by atoms with Crippen molar-refractivity contribution in [2.45, 2.75) is 32.3 Å². The molecule has 1 saturated heterocycles. The van der Waals surface area contributed by atoms with E-state index in [9.17, 15) is 5.11 Å². The molecular formula is C15H24N2O2. The summed E-state index contributed by atoms with van der Waals surface area (Å²) in [5.74, 6) is 0.641. The van der Waals surface area contributed by atoms with Gasteiger partial charge in [-0.25, -0.2) is 0 Å². The molecule has 2 rings (SSSR count). The van der Waals surface area contributed by atoms with E-state index in [-0.39, 0.29) is 12.0 Å². The Balaban J connectivity index is 2.05.